The fraction of sp³-hybridized carbons (Fsp3) is 0.680. The van der Waals surface area contributed by atoms with Crippen molar-refractivity contribution in [1.82, 2.24) is 19.7 Å². The zero-order chi connectivity index (χ0) is 22.3. The Bertz CT molecular complexity index is 916. The number of likely N-dealkylation sites (tertiary alicyclic amines) is 1. The van der Waals surface area contributed by atoms with Crippen LogP contribution in [0.5, 0.6) is 0 Å². The summed E-state index contributed by atoms with van der Waals surface area (Å²) in [5, 5.41) is 12.4. The van der Waals surface area contributed by atoms with Gasteiger partial charge in [-0.15, -0.1) is 0 Å². The number of rotatable bonds is 7. The normalized spacial score (nSPS) is 19.7. The molecule has 4 rings (SSSR count). The van der Waals surface area contributed by atoms with E-state index in [1.165, 1.54) is 44.9 Å². The molecule has 1 saturated heterocycles. The van der Waals surface area contributed by atoms with Gasteiger partial charge in [0.25, 0.3) is 5.56 Å². The van der Waals surface area contributed by atoms with Gasteiger partial charge in [0.15, 0.2) is 0 Å². The van der Waals surface area contributed by atoms with E-state index < -0.39 is 7.05 Å². The summed E-state index contributed by atoms with van der Waals surface area (Å²) in [5.41, 5.74) is 2.60. The molecular weight excluding hydrogens is 399 g/mol. The molecule has 2 N–H and O–H groups in total. The van der Waals surface area contributed by atoms with E-state index in [-0.39, 0.29) is 11.6 Å². The Morgan fingerprint density at radius 1 is 1.03 bits per heavy atom. The monoisotopic (exact) mass is 438 g/mol. The number of benzene rings is 1. The Morgan fingerprint density at radius 2 is 1.72 bits per heavy atom. The second-order valence-corrected chi connectivity index (χ2v) is 9.72. The van der Waals surface area contributed by atoms with E-state index in [1.54, 1.807) is 6.82 Å². The summed E-state index contributed by atoms with van der Waals surface area (Å²) < 4.78 is 2.05. The van der Waals surface area contributed by atoms with Gasteiger partial charge in [-0.05, 0) is 64.0 Å². The molecule has 1 aliphatic heterocycles. The highest BCUT2D eigenvalue weighted by molar-refractivity contribution is 6.45. The first kappa shape index (κ1) is 23.5. The summed E-state index contributed by atoms with van der Waals surface area (Å²) in [7, 11) is -0.528. The van der Waals surface area contributed by atoms with Gasteiger partial charge in [-0.2, -0.15) is 0 Å². The molecule has 7 heteroatoms. The molecule has 2 aliphatic rings. The molecular formula is C25H39BN4O2. The van der Waals surface area contributed by atoms with Crippen molar-refractivity contribution in [2.75, 3.05) is 19.6 Å². The van der Waals surface area contributed by atoms with Gasteiger partial charge in [-0.3, -0.25) is 4.79 Å². The molecule has 32 heavy (non-hydrogen) atoms. The molecule has 0 amide bonds. The fourth-order valence-electron chi connectivity index (χ4n) is 5.61. The number of aromatic nitrogens is 2. The van der Waals surface area contributed by atoms with E-state index in [9.17, 15) is 9.82 Å². The van der Waals surface area contributed by atoms with Crippen LogP contribution >= 0.6 is 0 Å². The smallest absolute Gasteiger partial charge is 0.373 e. The average Bonchev–Trinajstić information content (AvgIpc) is 2.77. The van der Waals surface area contributed by atoms with Crippen molar-refractivity contribution in [3.8, 4) is 0 Å². The van der Waals surface area contributed by atoms with Crippen molar-refractivity contribution in [3.63, 3.8) is 0 Å². The van der Waals surface area contributed by atoms with Crippen molar-refractivity contribution >= 4 is 18.1 Å². The van der Waals surface area contributed by atoms with Crippen LogP contribution in [0.25, 0.3) is 11.0 Å². The van der Waals surface area contributed by atoms with E-state index in [2.05, 4.69) is 14.7 Å². The molecule has 1 aliphatic carbocycles. The van der Waals surface area contributed by atoms with Crippen molar-refractivity contribution in [2.24, 2.45) is 0 Å². The lowest BCUT2D eigenvalue weighted by molar-refractivity contribution is 0.116. The average molecular weight is 438 g/mol. The summed E-state index contributed by atoms with van der Waals surface area (Å²) in [4.78, 5) is 20.9. The van der Waals surface area contributed by atoms with Crippen LogP contribution in [0.2, 0.25) is 6.82 Å². The lowest BCUT2D eigenvalue weighted by atomic mass is 9.89. The number of nitrogens with zero attached hydrogens (tertiary/aromatic N) is 3. The number of fused-ring (bicyclic) bond motifs is 1. The molecule has 6 nitrogen and oxygen atoms in total. The second-order valence-electron chi connectivity index (χ2n) is 9.72. The highest BCUT2D eigenvalue weighted by Gasteiger charge is 2.28. The molecule has 0 spiro atoms. The van der Waals surface area contributed by atoms with Gasteiger partial charge in [-0.1, -0.05) is 44.2 Å². The topological polar surface area (TPSA) is 70.4 Å². The minimum Gasteiger partial charge on any atom is -0.437 e. The minimum absolute atomic E-state index is 0.0742. The van der Waals surface area contributed by atoms with Gasteiger partial charge in [-0.25, -0.2) is 4.98 Å². The molecule has 0 bridgehead atoms. The van der Waals surface area contributed by atoms with Crippen molar-refractivity contribution in [3.05, 3.63) is 40.3 Å². The van der Waals surface area contributed by atoms with Crippen LogP contribution in [0.1, 0.15) is 75.9 Å². The van der Waals surface area contributed by atoms with Crippen molar-refractivity contribution < 1.29 is 5.02 Å². The summed E-state index contributed by atoms with van der Waals surface area (Å²) in [6.45, 7) is 4.56. The largest absolute Gasteiger partial charge is 0.437 e. The van der Waals surface area contributed by atoms with Gasteiger partial charge in [0.1, 0.15) is 5.69 Å². The summed E-state index contributed by atoms with van der Waals surface area (Å²) in [6, 6.07) is 9.06. The Balaban J connectivity index is 1.49. The van der Waals surface area contributed by atoms with Gasteiger partial charge >= 0.3 is 7.05 Å². The molecule has 0 atom stereocenters. The number of hydrogen-bond donors (Lipinski definition) is 2. The highest BCUT2D eigenvalue weighted by atomic mass is 16.2. The van der Waals surface area contributed by atoms with Crippen LogP contribution in [0.3, 0.4) is 0 Å². The molecule has 2 aromatic rings. The third kappa shape index (κ3) is 5.80. The number of hydrogen-bond acceptors (Lipinski definition) is 5. The first-order valence-electron chi connectivity index (χ1n) is 12.8. The van der Waals surface area contributed by atoms with Gasteiger partial charge < -0.3 is 19.7 Å². The number of aryl methyl sites for hydroxylation is 1. The fourth-order valence-corrected chi connectivity index (χ4v) is 5.61. The van der Waals surface area contributed by atoms with Crippen LogP contribution in [0, 0.1) is 0 Å². The minimum atomic E-state index is -0.528. The Hall–Kier alpha value is -1.70. The van der Waals surface area contributed by atoms with E-state index >= 15 is 0 Å². The standard InChI is InChI=1S/C25H39BN4O2/c1-26(32)27-17-9-13-23-25(31)30(24-14-8-7-12-22(24)28-23)21-15-18-29(19-16-21)20-10-5-3-2-4-6-11-20/h7-8,12,14,20-21,27,32H,2-6,9-11,13,15-19H2,1H3. The summed E-state index contributed by atoms with van der Waals surface area (Å²) >= 11 is 0. The molecule has 0 unspecified atom stereocenters. The Morgan fingerprint density at radius 3 is 2.44 bits per heavy atom. The maximum atomic E-state index is 13.5. The molecule has 2 heterocycles. The van der Waals surface area contributed by atoms with Gasteiger partial charge in [0.2, 0.25) is 0 Å². The van der Waals surface area contributed by atoms with Crippen LogP contribution < -0.4 is 10.8 Å². The zero-order valence-electron chi connectivity index (χ0n) is 19.6. The van der Waals surface area contributed by atoms with Crippen molar-refractivity contribution in [2.45, 2.75) is 89.5 Å². The first-order chi connectivity index (χ1) is 15.6. The third-order valence-electron chi connectivity index (χ3n) is 7.35. The van der Waals surface area contributed by atoms with Crippen LogP contribution in [0.4, 0.5) is 0 Å². The molecule has 174 valence electrons. The SMILES string of the molecule is CB(O)NCCCc1nc2ccccc2n(C2CCN(C3CCCCCCC3)CC2)c1=O. The zero-order valence-corrected chi connectivity index (χ0v) is 19.6. The van der Waals surface area contributed by atoms with Gasteiger partial charge in [0, 0.05) is 25.2 Å². The number of para-hydroxylation sites is 2. The molecule has 1 aromatic carbocycles. The maximum Gasteiger partial charge on any atom is 0.373 e. The predicted octanol–water partition coefficient (Wildman–Crippen LogP) is 3.78. The molecule has 0 radical (unpaired) electrons. The van der Waals surface area contributed by atoms with Crippen LogP contribution in [-0.2, 0) is 6.42 Å². The quantitative estimate of drug-likeness (QED) is 0.509. The number of nitrogens with one attached hydrogen (secondary N) is 1. The molecule has 2 fully saturated rings. The Kier molecular flexibility index (Phi) is 8.39. The van der Waals surface area contributed by atoms with E-state index in [1.807, 2.05) is 24.3 Å². The van der Waals surface area contributed by atoms with Gasteiger partial charge in [0.05, 0.1) is 11.0 Å². The first-order valence-corrected chi connectivity index (χ1v) is 12.8. The third-order valence-corrected chi connectivity index (χ3v) is 7.35. The van der Waals surface area contributed by atoms with E-state index in [4.69, 9.17) is 4.98 Å². The van der Waals surface area contributed by atoms with Crippen molar-refractivity contribution in [1.29, 1.82) is 0 Å². The second kappa shape index (κ2) is 11.4. The van der Waals surface area contributed by atoms with Crippen LogP contribution in [0.15, 0.2) is 29.1 Å². The molecule has 1 saturated carbocycles. The van der Waals surface area contributed by atoms with E-state index in [0.29, 0.717) is 18.7 Å². The predicted molar refractivity (Wildman–Crippen MR) is 132 cm³/mol. The summed E-state index contributed by atoms with van der Waals surface area (Å²) in [5.74, 6) is 0. The maximum absolute atomic E-state index is 13.5. The number of piperidine rings is 1. The lowest BCUT2D eigenvalue weighted by Crippen LogP contribution is -2.43. The van der Waals surface area contributed by atoms with Crippen LogP contribution in [-0.4, -0.2) is 52.2 Å². The lowest BCUT2D eigenvalue weighted by Gasteiger charge is -2.39. The van der Waals surface area contributed by atoms with E-state index in [0.717, 1.165) is 49.4 Å². The highest BCUT2D eigenvalue weighted by Crippen LogP contribution is 2.29. The molecule has 1 aromatic heterocycles. The Labute approximate surface area is 192 Å². The summed E-state index contributed by atoms with van der Waals surface area (Å²) in [6.07, 6.45) is 13.1.